The van der Waals surface area contributed by atoms with Crippen LogP contribution in [-0.4, -0.2) is 50.6 Å². The number of rotatable bonds is 4. The number of aromatic amines is 1. The van der Waals surface area contributed by atoms with E-state index < -0.39 is 11.7 Å². The number of carbonyl (C=O) groups excluding carboxylic acids is 1. The maximum Gasteiger partial charge on any atom is 0.274 e. The van der Waals surface area contributed by atoms with Crippen LogP contribution in [0.2, 0.25) is 0 Å². The summed E-state index contributed by atoms with van der Waals surface area (Å²) in [6.07, 6.45) is 4.80. The first-order valence-corrected chi connectivity index (χ1v) is 9.46. The van der Waals surface area contributed by atoms with Gasteiger partial charge in [-0.15, -0.1) is 0 Å². The van der Waals surface area contributed by atoms with Crippen LogP contribution in [0.3, 0.4) is 0 Å². The maximum atomic E-state index is 14.5. The molecule has 29 heavy (non-hydrogen) atoms. The van der Waals surface area contributed by atoms with Crippen molar-refractivity contribution in [3.8, 4) is 17.5 Å². The highest BCUT2D eigenvalue weighted by atomic mass is 19.1. The van der Waals surface area contributed by atoms with Crippen molar-refractivity contribution in [2.24, 2.45) is 0 Å². The van der Waals surface area contributed by atoms with Crippen LogP contribution in [0.4, 0.5) is 4.39 Å². The minimum Gasteiger partial charge on any atom is -0.479 e. The van der Waals surface area contributed by atoms with E-state index in [1.54, 1.807) is 4.90 Å². The summed E-state index contributed by atoms with van der Waals surface area (Å²) in [6, 6.07) is 3.27. The zero-order valence-electron chi connectivity index (χ0n) is 16.5. The molecule has 0 spiro atoms. The van der Waals surface area contributed by atoms with Crippen molar-refractivity contribution in [2.45, 2.75) is 38.6 Å². The molecule has 1 fully saturated rings. The molecule has 8 nitrogen and oxygen atoms in total. The van der Waals surface area contributed by atoms with Crippen LogP contribution >= 0.6 is 0 Å². The monoisotopic (exact) mass is 399 g/mol. The number of H-pyrrole nitrogens is 1. The third-order valence-corrected chi connectivity index (χ3v) is 5.29. The molecule has 0 bridgehead atoms. The van der Waals surface area contributed by atoms with Gasteiger partial charge in [-0.05, 0) is 44.4 Å². The molecule has 0 unspecified atom stereocenters. The van der Waals surface area contributed by atoms with Crippen LogP contribution in [0, 0.1) is 12.7 Å². The smallest absolute Gasteiger partial charge is 0.274 e. The second-order valence-corrected chi connectivity index (χ2v) is 7.31. The van der Waals surface area contributed by atoms with Gasteiger partial charge in [0.2, 0.25) is 0 Å². The second kappa shape index (κ2) is 7.65. The van der Waals surface area contributed by atoms with Crippen LogP contribution in [0.5, 0.6) is 5.88 Å². The lowest BCUT2D eigenvalue weighted by Gasteiger charge is -2.37. The largest absolute Gasteiger partial charge is 0.479 e. The van der Waals surface area contributed by atoms with Gasteiger partial charge in [0.1, 0.15) is 5.69 Å². The molecule has 3 aromatic rings. The number of amides is 1. The lowest BCUT2D eigenvalue weighted by Crippen LogP contribution is -2.45. The first-order chi connectivity index (χ1) is 14.0. The molecule has 152 valence electrons. The number of nitrogens with one attached hydrogen (secondary N) is 1. The van der Waals surface area contributed by atoms with Crippen LogP contribution in [-0.2, 0) is 0 Å². The Kier molecular flexibility index (Phi) is 5.04. The molecule has 0 saturated carbocycles. The summed E-state index contributed by atoms with van der Waals surface area (Å²) >= 11 is 0. The van der Waals surface area contributed by atoms with Crippen molar-refractivity contribution in [3.05, 3.63) is 47.3 Å². The van der Waals surface area contributed by atoms with Gasteiger partial charge in [-0.3, -0.25) is 4.79 Å². The molecular weight excluding hydrogens is 377 g/mol. The Balaban J connectivity index is 1.56. The van der Waals surface area contributed by atoms with E-state index in [1.165, 1.54) is 19.4 Å². The summed E-state index contributed by atoms with van der Waals surface area (Å²) in [7, 11) is 1.32. The summed E-state index contributed by atoms with van der Waals surface area (Å²) < 4.78 is 24.8. The highest BCUT2D eigenvalue weighted by Gasteiger charge is 2.34. The molecule has 2 atom stereocenters. The summed E-state index contributed by atoms with van der Waals surface area (Å²) in [4.78, 5) is 26.1. The van der Waals surface area contributed by atoms with Crippen molar-refractivity contribution >= 4 is 5.91 Å². The fourth-order valence-corrected chi connectivity index (χ4v) is 3.62. The molecule has 0 aliphatic carbocycles. The van der Waals surface area contributed by atoms with Crippen LogP contribution in [0.1, 0.15) is 47.4 Å². The van der Waals surface area contributed by atoms with E-state index in [4.69, 9.17) is 9.26 Å². The Morgan fingerprint density at radius 1 is 1.41 bits per heavy atom. The molecule has 9 heteroatoms. The Morgan fingerprint density at radius 2 is 2.24 bits per heavy atom. The van der Waals surface area contributed by atoms with E-state index in [9.17, 15) is 9.18 Å². The second-order valence-electron chi connectivity index (χ2n) is 7.31. The number of hydrogen-bond acceptors (Lipinski definition) is 6. The lowest BCUT2D eigenvalue weighted by atomic mass is 9.92. The molecule has 1 aliphatic rings. The molecule has 4 heterocycles. The minimum absolute atomic E-state index is 0.0326. The van der Waals surface area contributed by atoms with E-state index in [0.29, 0.717) is 18.3 Å². The molecule has 0 aromatic carbocycles. The first kappa shape index (κ1) is 19.1. The molecule has 3 aromatic heterocycles. The number of nitrogens with zero attached hydrogens (tertiary/aromatic N) is 4. The minimum atomic E-state index is -0.752. The third kappa shape index (κ3) is 3.59. The standard InChI is InChI=1S/C20H22FN5O3/c1-11-8-15(23-9-11)18-24-17(25-29-18)13-5-4-12(2)26(10-13)20(27)14-6-7-22-19(28-3)16(14)21/h6-9,12-13,23H,4-5,10H2,1-3H3/t12-,13+/m1/s1. The fourth-order valence-electron chi connectivity index (χ4n) is 3.62. The SMILES string of the molecule is COc1nccc(C(=O)N2C[C@@H](c3noc(-c4cc(C)c[nH]4)n3)CC[C@H]2C)c1F. The molecule has 1 N–H and O–H groups in total. The van der Waals surface area contributed by atoms with Gasteiger partial charge in [-0.2, -0.15) is 4.98 Å². The number of aryl methyl sites for hydroxylation is 1. The van der Waals surface area contributed by atoms with Crippen molar-refractivity contribution in [1.29, 1.82) is 0 Å². The van der Waals surface area contributed by atoms with Gasteiger partial charge in [0.15, 0.2) is 11.6 Å². The first-order valence-electron chi connectivity index (χ1n) is 9.46. The third-order valence-electron chi connectivity index (χ3n) is 5.29. The van der Waals surface area contributed by atoms with E-state index >= 15 is 0 Å². The number of pyridine rings is 1. The number of hydrogen-bond donors (Lipinski definition) is 1. The quantitative estimate of drug-likeness (QED) is 0.723. The van der Waals surface area contributed by atoms with Gasteiger partial charge in [0, 0.05) is 30.9 Å². The zero-order valence-corrected chi connectivity index (χ0v) is 16.5. The van der Waals surface area contributed by atoms with Gasteiger partial charge >= 0.3 is 0 Å². The molecule has 1 amide bonds. The number of ether oxygens (including phenoxy) is 1. The number of carbonyl (C=O) groups is 1. The highest BCUT2D eigenvalue weighted by Crippen LogP contribution is 2.31. The Morgan fingerprint density at radius 3 is 2.97 bits per heavy atom. The number of halogens is 1. The van der Waals surface area contributed by atoms with Crippen molar-refractivity contribution < 1.29 is 18.4 Å². The predicted molar refractivity (Wildman–Crippen MR) is 102 cm³/mol. The van der Waals surface area contributed by atoms with Gasteiger partial charge in [0.05, 0.1) is 12.7 Å². The summed E-state index contributed by atoms with van der Waals surface area (Å²) in [5.74, 6) is -0.474. The maximum absolute atomic E-state index is 14.5. The summed E-state index contributed by atoms with van der Waals surface area (Å²) in [5, 5.41) is 4.11. The van der Waals surface area contributed by atoms with E-state index in [2.05, 4.69) is 20.1 Å². The van der Waals surface area contributed by atoms with E-state index in [1.807, 2.05) is 26.1 Å². The van der Waals surface area contributed by atoms with Gasteiger partial charge in [0.25, 0.3) is 17.7 Å². The fraction of sp³-hybridized carbons (Fsp3) is 0.400. The van der Waals surface area contributed by atoms with Gasteiger partial charge in [-0.25, -0.2) is 9.37 Å². The number of likely N-dealkylation sites (tertiary alicyclic amines) is 1. The van der Waals surface area contributed by atoms with Crippen molar-refractivity contribution in [2.75, 3.05) is 13.7 Å². The number of piperidine rings is 1. The molecular formula is C20H22FN5O3. The zero-order chi connectivity index (χ0) is 20.5. The van der Waals surface area contributed by atoms with Crippen molar-refractivity contribution in [1.82, 2.24) is 25.0 Å². The van der Waals surface area contributed by atoms with E-state index in [0.717, 1.165) is 24.1 Å². The normalized spacial score (nSPS) is 19.4. The predicted octanol–water partition coefficient (Wildman–Crippen LogP) is 3.32. The van der Waals surface area contributed by atoms with Crippen LogP contribution in [0.25, 0.3) is 11.6 Å². The summed E-state index contributed by atoms with van der Waals surface area (Å²) in [6.45, 7) is 4.30. The average molecular weight is 399 g/mol. The number of methoxy groups -OCH3 is 1. The topological polar surface area (TPSA) is 97.1 Å². The summed E-state index contributed by atoms with van der Waals surface area (Å²) in [5.41, 5.74) is 1.77. The Bertz CT molecular complexity index is 1030. The molecule has 0 radical (unpaired) electrons. The Labute approximate surface area is 167 Å². The van der Waals surface area contributed by atoms with Crippen LogP contribution in [0.15, 0.2) is 29.0 Å². The van der Waals surface area contributed by atoms with Crippen LogP contribution < -0.4 is 4.74 Å². The number of aromatic nitrogens is 4. The average Bonchev–Trinajstić information content (AvgIpc) is 3.37. The molecule has 4 rings (SSSR count). The highest BCUT2D eigenvalue weighted by molar-refractivity contribution is 5.95. The molecule has 1 saturated heterocycles. The van der Waals surface area contributed by atoms with Gasteiger partial charge in [-0.1, -0.05) is 5.16 Å². The van der Waals surface area contributed by atoms with E-state index in [-0.39, 0.29) is 23.4 Å². The van der Waals surface area contributed by atoms with Gasteiger partial charge < -0.3 is 19.1 Å². The lowest BCUT2D eigenvalue weighted by molar-refractivity contribution is 0.0599. The molecule has 1 aliphatic heterocycles. The van der Waals surface area contributed by atoms with Crippen molar-refractivity contribution in [3.63, 3.8) is 0 Å². The Hall–Kier alpha value is -3.23.